The van der Waals surface area contributed by atoms with E-state index in [2.05, 4.69) is 69.4 Å². The number of hydrogen-bond acceptors (Lipinski definition) is 5. The molecule has 0 saturated heterocycles. The first-order valence-electron chi connectivity index (χ1n) is 28.2. The van der Waals surface area contributed by atoms with Gasteiger partial charge in [-0.1, -0.05) is 249 Å². The minimum Gasteiger partial charge on any atom is -0.462 e. The van der Waals surface area contributed by atoms with Gasteiger partial charge in [-0.2, -0.15) is 0 Å². The van der Waals surface area contributed by atoms with Crippen LogP contribution in [0.4, 0.5) is 0 Å². The van der Waals surface area contributed by atoms with Crippen molar-refractivity contribution in [1.82, 2.24) is 0 Å². The monoisotopic (exact) mass is 897 g/mol. The van der Waals surface area contributed by atoms with Crippen molar-refractivity contribution in [3.8, 4) is 0 Å². The van der Waals surface area contributed by atoms with Crippen molar-refractivity contribution in [3.05, 3.63) is 48.6 Å². The average Bonchev–Trinajstić information content (AvgIpc) is 3.30. The van der Waals surface area contributed by atoms with E-state index in [1.807, 2.05) is 0 Å². The molecule has 0 fully saturated rings. The second-order valence-electron chi connectivity index (χ2n) is 18.8. The van der Waals surface area contributed by atoms with Gasteiger partial charge in [-0.05, 0) is 77.0 Å². The van der Waals surface area contributed by atoms with Crippen molar-refractivity contribution in [2.45, 2.75) is 297 Å². The van der Waals surface area contributed by atoms with Crippen LogP contribution in [0.2, 0.25) is 0 Å². The predicted octanol–water partition coefficient (Wildman–Crippen LogP) is 19.1. The lowest BCUT2D eigenvalue weighted by Gasteiger charge is -2.18. The molecule has 0 N–H and O–H groups in total. The Hall–Kier alpha value is -2.14. The third-order valence-electron chi connectivity index (χ3n) is 12.3. The van der Waals surface area contributed by atoms with Gasteiger partial charge in [0, 0.05) is 19.4 Å². The highest BCUT2D eigenvalue weighted by molar-refractivity contribution is 5.70. The second-order valence-corrected chi connectivity index (χ2v) is 18.8. The minimum absolute atomic E-state index is 0.0764. The zero-order valence-electron chi connectivity index (χ0n) is 43.1. The van der Waals surface area contributed by atoms with Crippen molar-refractivity contribution in [3.63, 3.8) is 0 Å². The number of hydrogen-bond donors (Lipinski definition) is 0. The van der Waals surface area contributed by atoms with Gasteiger partial charge in [0.1, 0.15) is 6.61 Å². The molecule has 1 atom stereocenters. The van der Waals surface area contributed by atoms with Crippen molar-refractivity contribution >= 4 is 11.9 Å². The summed E-state index contributed by atoms with van der Waals surface area (Å²) in [7, 11) is 0. The van der Waals surface area contributed by atoms with Gasteiger partial charge in [0.05, 0.1) is 6.61 Å². The average molecular weight is 898 g/mol. The number of ether oxygens (including phenoxy) is 3. The van der Waals surface area contributed by atoms with E-state index in [0.29, 0.717) is 19.4 Å². The van der Waals surface area contributed by atoms with Crippen LogP contribution in [0.3, 0.4) is 0 Å². The lowest BCUT2D eigenvalue weighted by Crippen LogP contribution is -2.30. The molecule has 5 heteroatoms. The maximum atomic E-state index is 12.8. The lowest BCUT2D eigenvalue weighted by atomic mass is 10.0. The number of esters is 2. The van der Waals surface area contributed by atoms with Gasteiger partial charge in [-0.3, -0.25) is 9.59 Å². The molecule has 0 aliphatic heterocycles. The molecule has 0 aromatic carbocycles. The van der Waals surface area contributed by atoms with Crippen molar-refractivity contribution < 1.29 is 23.8 Å². The summed E-state index contributed by atoms with van der Waals surface area (Å²) < 4.78 is 17.5. The molecule has 0 heterocycles. The quantitative estimate of drug-likeness (QED) is 0.0346. The highest BCUT2D eigenvalue weighted by Gasteiger charge is 2.17. The van der Waals surface area contributed by atoms with Crippen LogP contribution in [-0.4, -0.2) is 37.9 Å². The van der Waals surface area contributed by atoms with Gasteiger partial charge in [0.2, 0.25) is 0 Å². The van der Waals surface area contributed by atoms with Gasteiger partial charge in [-0.25, -0.2) is 0 Å². The first kappa shape index (κ1) is 61.9. The predicted molar refractivity (Wildman–Crippen MR) is 279 cm³/mol. The molecule has 0 aromatic heterocycles. The lowest BCUT2D eigenvalue weighted by molar-refractivity contribution is -0.163. The molecule has 0 aliphatic rings. The number of carbonyl (C=O) groups is 2. The summed E-state index contributed by atoms with van der Waals surface area (Å²) in [6.07, 6.45) is 68.4. The van der Waals surface area contributed by atoms with E-state index >= 15 is 0 Å². The van der Waals surface area contributed by atoms with E-state index in [0.717, 1.165) is 77.0 Å². The Morgan fingerprint density at radius 2 is 0.703 bits per heavy atom. The molecule has 1 unspecified atom stereocenters. The summed E-state index contributed by atoms with van der Waals surface area (Å²) in [5.74, 6) is -0.412. The summed E-state index contributed by atoms with van der Waals surface area (Å²) in [5.41, 5.74) is 0. The van der Waals surface area contributed by atoms with Gasteiger partial charge in [0.25, 0.3) is 0 Å². The van der Waals surface area contributed by atoms with Gasteiger partial charge in [-0.15, -0.1) is 0 Å². The maximum Gasteiger partial charge on any atom is 0.306 e. The Morgan fingerprint density at radius 3 is 1.14 bits per heavy atom. The summed E-state index contributed by atoms with van der Waals surface area (Å²) >= 11 is 0. The summed E-state index contributed by atoms with van der Waals surface area (Å²) in [4.78, 5) is 25.5. The van der Waals surface area contributed by atoms with E-state index < -0.39 is 6.10 Å². The molecule has 5 nitrogen and oxygen atoms in total. The largest absolute Gasteiger partial charge is 0.462 e. The number of unbranched alkanes of at least 4 members (excludes halogenated alkanes) is 33. The second kappa shape index (κ2) is 55.2. The topological polar surface area (TPSA) is 61.8 Å². The summed E-state index contributed by atoms with van der Waals surface area (Å²) in [6.45, 7) is 7.74. The summed E-state index contributed by atoms with van der Waals surface area (Å²) in [6, 6.07) is 0. The van der Waals surface area contributed by atoms with Gasteiger partial charge < -0.3 is 14.2 Å². The van der Waals surface area contributed by atoms with Crippen LogP contribution in [0.5, 0.6) is 0 Å². The first-order valence-corrected chi connectivity index (χ1v) is 28.2. The van der Waals surface area contributed by atoms with Gasteiger partial charge in [0.15, 0.2) is 6.10 Å². The number of carbonyl (C=O) groups excluding carboxylic acids is 2. The Morgan fingerprint density at radius 1 is 0.359 bits per heavy atom. The van der Waals surface area contributed by atoms with Gasteiger partial charge >= 0.3 is 11.9 Å². The zero-order chi connectivity index (χ0) is 46.3. The fraction of sp³-hybridized carbons (Fsp3) is 0.831. The standard InChI is InChI=1S/C59H108O5/c1-4-7-10-13-16-19-22-25-28-29-30-33-36-39-42-45-48-51-54-62-55-57(64-59(61)53-50-47-44-41-38-35-32-27-24-21-18-15-12-9-6-3)56-63-58(60)52-49-46-43-40-37-34-31-26-23-20-17-14-11-8-5-2/h8,11,17,20,26-27,31-32,57H,4-7,9-10,12-16,18-19,21-25,28-30,33-56H2,1-3H3/b11-8-,20-17-,31-26-,32-27-. The third-order valence-corrected chi connectivity index (χ3v) is 12.3. The van der Waals surface area contributed by atoms with E-state index in [1.54, 1.807) is 0 Å². The SMILES string of the molecule is CC/C=C\C/C=C\C/C=C\CCCCCCCC(=O)OCC(COCCCCCCCCCCCCCCCCCCCC)OC(=O)CCCCCCC/C=C\CCCCCCCC. The molecule has 0 saturated carbocycles. The van der Waals surface area contributed by atoms with Crippen LogP contribution >= 0.6 is 0 Å². The Bertz CT molecular complexity index is 1060. The molecular weight excluding hydrogens is 789 g/mol. The van der Waals surface area contributed by atoms with Crippen molar-refractivity contribution in [1.29, 1.82) is 0 Å². The van der Waals surface area contributed by atoms with E-state index in [-0.39, 0.29) is 25.2 Å². The molecule has 0 bridgehead atoms. The van der Waals surface area contributed by atoms with Crippen LogP contribution in [0.15, 0.2) is 48.6 Å². The fourth-order valence-electron chi connectivity index (χ4n) is 8.17. The van der Waals surface area contributed by atoms with Crippen LogP contribution in [0, 0.1) is 0 Å². The van der Waals surface area contributed by atoms with Crippen LogP contribution < -0.4 is 0 Å². The maximum absolute atomic E-state index is 12.8. The molecule has 0 radical (unpaired) electrons. The smallest absolute Gasteiger partial charge is 0.306 e. The Labute approximate surface area is 399 Å². The van der Waals surface area contributed by atoms with Crippen LogP contribution in [-0.2, 0) is 23.8 Å². The zero-order valence-corrected chi connectivity index (χ0v) is 43.1. The molecule has 0 aromatic rings. The van der Waals surface area contributed by atoms with Crippen molar-refractivity contribution in [2.24, 2.45) is 0 Å². The van der Waals surface area contributed by atoms with E-state index in [1.165, 1.54) is 180 Å². The third kappa shape index (κ3) is 52.5. The highest BCUT2D eigenvalue weighted by Crippen LogP contribution is 2.16. The summed E-state index contributed by atoms with van der Waals surface area (Å²) in [5, 5.41) is 0. The molecule has 64 heavy (non-hydrogen) atoms. The minimum atomic E-state index is -0.545. The number of allylic oxidation sites excluding steroid dienone is 8. The van der Waals surface area contributed by atoms with Crippen LogP contribution in [0.1, 0.15) is 290 Å². The number of rotatable bonds is 52. The Balaban J connectivity index is 4.26. The highest BCUT2D eigenvalue weighted by atomic mass is 16.6. The van der Waals surface area contributed by atoms with E-state index in [9.17, 15) is 9.59 Å². The molecule has 0 rings (SSSR count). The molecule has 0 aliphatic carbocycles. The molecule has 0 amide bonds. The van der Waals surface area contributed by atoms with Crippen LogP contribution in [0.25, 0.3) is 0 Å². The van der Waals surface area contributed by atoms with E-state index in [4.69, 9.17) is 14.2 Å². The first-order chi connectivity index (χ1) is 31.6. The fourth-order valence-corrected chi connectivity index (χ4v) is 8.17. The molecule has 0 spiro atoms. The Kier molecular flexibility index (Phi) is 53.3. The normalized spacial score (nSPS) is 12.5. The molecule has 374 valence electrons. The molecular formula is C59H108O5. The van der Waals surface area contributed by atoms with Crippen molar-refractivity contribution in [2.75, 3.05) is 19.8 Å².